The highest BCUT2D eigenvalue weighted by molar-refractivity contribution is 5.89. The monoisotopic (exact) mass is 345 g/mol. The fraction of sp³-hybridized carbons (Fsp3) is 0.650. The van der Waals surface area contributed by atoms with Crippen LogP contribution in [-0.4, -0.2) is 38.9 Å². The average Bonchev–Trinajstić information content (AvgIpc) is 3.26. The van der Waals surface area contributed by atoms with Crippen LogP contribution in [0.3, 0.4) is 0 Å². The smallest absolute Gasteiger partial charge is 0.230 e. The maximum Gasteiger partial charge on any atom is 0.230 e. The van der Waals surface area contributed by atoms with Crippen molar-refractivity contribution in [3.05, 3.63) is 23.8 Å². The minimum absolute atomic E-state index is 0.174. The normalized spacial score (nSPS) is 29.6. The first-order valence-corrected chi connectivity index (χ1v) is 9.33. The van der Waals surface area contributed by atoms with E-state index in [-0.39, 0.29) is 11.9 Å². The molecule has 0 radical (unpaired) electrons. The molecule has 1 aromatic carbocycles. The SMILES string of the molecule is COc1ccc(C2(C(=O)N[C@@H]3C[C@H]4OCC[C@@H]34)CCCC2)cc1OC. The van der Waals surface area contributed by atoms with Gasteiger partial charge in [0.25, 0.3) is 0 Å². The average molecular weight is 345 g/mol. The molecule has 1 heterocycles. The Labute approximate surface area is 149 Å². The molecule has 5 nitrogen and oxygen atoms in total. The second-order valence-corrected chi connectivity index (χ2v) is 7.54. The molecule has 0 aromatic heterocycles. The number of benzene rings is 1. The van der Waals surface area contributed by atoms with Gasteiger partial charge in [-0.05, 0) is 43.4 Å². The minimum atomic E-state index is -0.440. The summed E-state index contributed by atoms with van der Waals surface area (Å²) in [5, 5.41) is 3.34. The van der Waals surface area contributed by atoms with Gasteiger partial charge >= 0.3 is 0 Å². The second kappa shape index (κ2) is 6.52. The van der Waals surface area contributed by atoms with Crippen molar-refractivity contribution in [3.63, 3.8) is 0 Å². The summed E-state index contributed by atoms with van der Waals surface area (Å²) in [6.07, 6.45) is 6.35. The van der Waals surface area contributed by atoms with Crippen LogP contribution in [0.15, 0.2) is 18.2 Å². The molecule has 1 saturated heterocycles. The number of amides is 1. The van der Waals surface area contributed by atoms with E-state index >= 15 is 0 Å². The summed E-state index contributed by atoms with van der Waals surface area (Å²) in [7, 11) is 3.27. The second-order valence-electron chi connectivity index (χ2n) is 7.54. The van der Waals surface area contributed by atoms with Crippen molar-refractivity contribution in [3.8, 4) is 11.5 Å². The molecule has 136 valence electrons. The van der Waals surface area contributed by atoms with Crippen molar-refractivity contribution < 1.29 is 19.0 Å². The van der Waals surface area contributed by atoms with Crippen LogP contribution in [0.1, 0.15) is 44.1 Å². The van der Waals surface area contributed by atoms with E-state index in [4.69, 9.17) is 14.2 Å². The fourth-order valence-electron chi connectivity index (χ4n) is 4.83. The molecule has 0 bridgehead atoms. The van der Waals surface area contributed by atoms with Crippen LogP contribution in [0.4, 0.5) is 0 Å². The Morgan fingerprint density at radius 1 is 1.20 bits per heavy atom. The van der Waals surface area contributed by atoms with Gasteiger partial charge in [0.05, 0.1) is 25.7 Å². The summed E-state index contributed by atoms with van der Waals surface area (Å²) >= 11 is 0. The molecule has 4 rings (SSSR count). The Hall–Kier alpha value is -1.75. The Morgan fingerprint density at radius 2 is 1.96 bits per heavy atom. The van der Waals surface area contributed by atoms with Crippen LogP contribution in [-0.2, 0) is 14.9 Å². The van der Waals surface area contributed by atoms with Crippen molar-refractivity contribution in [2.24, 2.45) is 5.92 Å². The largest absolute Gasteiger partial charge is 0.493 e. The number of ether oxygens (including phenoxy) is 3. The molecule has 5 heteroatoms. The van der Waals surface area contributed by atoms with Crippen LogP contribution in [0, 0.1) is 5.92 Å². The zero-order chi connectivity index (χ0) is 17.4. The van der Waals surface area contributed by atoms with Crippen molar-refractivity contribution in [1.82, 2.24) is 5.32 Å². The van der Waals surface area contributed by atoms with Gasteiger partial charge in [-0.3, -0.25) is 4.79 Å². The van der Waals surface area contributed by atoms with Gasteiger partial charge < -0.3 is 19.5 Å². The van der Waals surface area contributed by atoms with Crippen molar-refractivity contribution in [2.75, 3.05) is 20.8 Å². The molecule has 0 spiro atoms. The fourth-order valence-corrected chi connectivity index (χ4v) is 4.83. The highest BCUT2D eigenvalue weighted by atomic mass is 16.5. The minimum Gasteiger partial charge on any atom is -0.493 e. The lowest BCUT2D eigenvalue weighted by atomic mass is 9.73. The molecule has 1 amide bonds. The number of fused-ring (bicyclic) bond motifs is 1. The van der Waals surface area contributed by atoms with Crippen LogP contribution in [0.25, 0.3) is 0 Å². The number of nitrogens with one attached hydrogen (secondary N) is 1. The van der Waals surface area contributed by atoms with Gasteiger partial charge in [-0.15, -0.1) is 0 Å². The first-order valence-electron chi connectivity index (χ1n) is 9.33. The Bertz CT molecular complexity index is 653. The number of carbonyl (C=O) groups excluding carboxylic acids is 1. The van der Waals surface area contributed by atoms with Crippen LogP contribution < -0.4 is 14.8 Å². The molecule has 1 N–H and O–H groups in total. The third-order valence-corrected chi connectivity index (χ3v) is 6.41. The summed E-state index contributed by atoms with van der Waals surface area (Å²) in [6, 6.07) is 6.18. The van der Waals surface area contributed by atoms with Gasteiger partial charge in [0.15, 0.2) is 11.5 Å². The molecule has 3 fully saturated rings. The summed E-state index contributed by atoms with van der Waals surface area (Å²) in [4.78, 5) is 13.3. The van der Waals surface area contributed by atoms with E-state index in [9.17, 15) is 4.79 Å². The predicted molar refractivity (Wildman–Crippen MR) is 94.1 cm³/mol. The van der Waals surface area contributed by atoms with Gasteiger partial charge in [0, 0.05) is 18.6 Å². The third kappa shape index (κ3) is 2.69. The highest BCUT2D eigenvalue weighted by Gasteiger charge is 2.49. The van der Waals surface area contributed by atoms with E-state index in [1.807, 2.05) is 18.2 Å². The molecule has 3 atom stereocenters. The molecule has 1 aliphatic heterocycles. The number of rotatable bonds is 5. The molecular formula is C20H27NO4. The molecular weight excluding hydrogens is 318 g/mol. The van der Waals surface area contributed by atoms with Gasteiger partial charge in [0.1, 0.15) is 0 Å². The van der Waals surface area contributed by atoms with Crippen LogP contribution >= 0.6 is 0 Å². The lowest BCUT2D eigenvalue weighted by molar-refractivity contribution is -0.129. The van der Waals surface area contributed by atoms with Gasteiger partial charge in [-0.2, -0.15) is 0 Å². The van der Waals surface area contributed by atoms with Crippen LogP contribution in [0.5, 0.6) is 11.5 Å². The maximum atomic E-state index is 13.3. The van der Waals surface area contributed by atoms with Crippen molar-refractivity contribution in [2.45, 2.75) is 56.1 Å². The maximum absolute atomic E-state index is 13.3. The van der Waals surface area contributed by atoms with Crippen molar-refractivity contribution >= 4 is 5.91 Å². The Morgan fingerprint density at radius 3 is 2.64 bits per heavy atom. The zero-order valence-electron chi connectivity index (χ0n) is 15.0. The molecule has 1 aromatic rings. The standard InChI is InChI=1S/C20H27NO4/c1-23-16-6-5-13(11-18(16)24-2)20(8-3-4-9-20)19(22)21-15-12-17-14(15)7-10-25-17/h5-6,11,14-15,17H,3-4,7-10,12H2,1-2H3,(H,21,22)/t14-,15+,17+/m0/s1. The first kappa shape index (κ1) is 16.7. The Balaban J connectivity index is 1.58. The summed E-state index contributed by atoms with van der Waals surface area (Å²) in [5.41, 5.74) is 0.600. The topological polar surface area (TPSA) is 56.8 Å². The molecule has 2 saturated carbocycles. The van der Waals surface area contributed by atoms with Crippen LogP contribution in [0.2, 0.25) is 0 Å². The summed E-state index contributed by atoms with van der Waals surface area (Å²) in [6.45, 7) is 0.836. The van der Waals surface area contributed by atoms with Crippen molar-refractivity contribution in [1.29, 1.82) is 0 Å². The number of carbonyl (C=O) groups is 1. The first-order chi connectivity index (χ1) is 12.2. The quantitative estimate of drug-likeness (QED) is 0.892. The third-order valence-electron chi connectivity index (χ3n) is 6.41. The van der Waals surface area contributed by atoms with Gasteiger partial charge in [-0.1, -0.05) is 18.9 Å². The number of hydrogen-bond donors (Lipinski definition) is 1. The predicted octanol–water partition coefficient (Wildman–Crippen LogP) is 2.81. The number of hydrogen-bond acceptors (Lipinski definition) is 4. The van der Waals surface area contributed by atoms with E-state index in [1.165, 1.54) is 0 Å². The van der Waals surface area contributed by atoms with E-state index in [2.05, 4.69) is 5.32 Å². The lowest BCUT2D eigenvalue weighted by Crippen LogP contribution is -2.57. The zero-order valence-corrected chi connectivity index (χ0v) is 15.0. The van der Waals surface area contributed by atoms with Gasteiger partial charge in [-0.25, -0.2) is 0 Å². The van der Waals surface area contributed by atoms with Gasteiger partial charge in [0.2, 0.25) is 5.91 Å². The van der Waals surface area contributed by atoms with E-state index in [1.54, 1.807) is 14.2 Å². The van der Waals surface area contributed by atoms with E-state index in [0.29, 0.717) is 23.5 Å². The summed E-state index contributed by atoms with van der Waals surface area (Å²) < 4.78 is 16.5. The molecule has 25 heavy (non-hydrogen) atoms. The molecule has 3 aliphatic rings. The molecule has 0 unspecified atom stereocenters. The van der Waals surface area contributed by atoms with E-state index < -0.39 is 5.41 Å². The number of methoxy groups -OCH3 is 2. The molecule has 2 aliphatic carbocycles. The Kier molecular flexibility index (Phi) is 4.36. The van der Waals surface area contributed by atoms with E-state index in [0.717, 1.165) is 50.7 Å². The lowest BCUT2D eigenvalue weighted by Gasteiger charge is -2.41. The highest BCUT2D eigenvalue weighted by Crippen LogP contribution is 2.45. The summed E-state index contributed by atoms with van der Waals surface area (Å²) in [5.74, 6) is 2.07.